The van der Waals surface area contributed by atoms with Crippen molar-refractivity contribution < 1.29 is 79.0 Å². The maximum atomic E-state index is 14.2. The van der Waals surface area contributed by atoms with E-state index in [4.69, 9.17) is 0 Å². The fraction of sp³-hybridized carbons (Fsp3) is 0.276. The van der Waals surface area contributed by atoms with E-state index >= 15 is 0 Å². The molecule has 0 atom stereocenters. The molecule has 4 aromatic rings. The van der Waals surface area contributed by atoms with Crippen LogP contribution in [0.4, 0.5) is 85.0 Å². The molecule has 3 aromatic carbocycles. The molecule has 4 rings (SSSR count). The zero-order valence-electron chi connectivity index (χ0n) is 24.7. The van der Waals surface area contributed by atoms with Crippen molar-refractivity contribution in [3.8, 4) is 0 Å². The lowest BCUT2D eigenvalue weighted by Crippen LogP contribution is -2.66. The van der Waals surface area contributed by atoms with Crippen LogP contribution in [0, 0.1) is 0 Å². The quantitative estimate of drug-likeness (QED) is 0.145. The largest absolute Gasteiger partial charge is 0.419 e. The third-order valence-corrected chi connectivity index (χ3v) is 11.1. The molecule has 0 amide bonds. The van der Waals surface area contributed by atoms with E-state index in [-0.39, 0.29) is 15.9 Å². The minimum absolute atomic E-state index is 0.168. The molecule has 0 saturated heterocycles. The zero-order chi connectivity index (χ0) is 39.4. The summed E-state index contributed by atoms with van der Waals surface area (Å²) in [7, 11) is -4.38. The summed E-state index contributed by atoms with van der Waals surface area (Å²) in [6.45, 7) is 0. The molecule has 0 bridgehead atoms. The van der Waals surface area contributed by atoms with Gasteiger partial charge >= 0.3 is 47.9 Å². The first kappa shape index (κ1) is 40.4. The minimum Gasteiger partial charge on any atom is -0.217 e. The Hall–Kier alpha value is -4.36. The summed E-state index contributed by atoms with van der Waals surface area (Å²) in [6, 6.07) is 18.3. The first-order valence-corrected chi connectivity index (χ1v) is 15.3. The van der Waals surface area contributed by atoms with Gasteiger partial charge in [0.25, 0.3) is 5.95 Å². The Morgan fingerprint density at radius 1 is 0.346 bits per heavy atom. The number of nitrogens with zero attached hydrogens (tertiary/aromatic N) is 4. The van der Waals surface area contributed by atoms with E-state index in [9.17, 15) is 79.0 Å². The maximum absolute atomic E-state index is 14.2. The summed E-state index contributed by atoms with van der Waals surface area (Å²) < 4.78 is 260. The van der Waals surface area contributed by atoms with E-state index in [1.807, 2.05) is 0 Å². The Balaban J connectivity index is 2.46. The van der Waals surface area contributed by atoms with Gasteiger partial charge < -0.3 is 0 Å². The number of aromatic nitrogens is 3. The molecule has 0 aliphatic heterocycles. The standard InChI is InChI=1S/C29H15F18N4P/c30-24(31,32)22(25(33,34)35,26(36,37)38)19-48-20(23(27(39,40)41,28(42,43)44)29(45,46)47)50-21(49-19)51-52(16-10-4-1-5-11-16,17-12-6-2-7-13-17)18-14-8-3-9-15-18/h1-15H. The number of benzene rings is 3. The van der Waals surface area contributed by atoms with Gasteiger partial charge in [-0.2, -0.15) is 89.0 Å². The first-order valence-electron chi connectivity index (χ1n) is 13.6. The van der Waals surface area contributed by atoms with E-state index in [1.54, 1.807) is 0 Å². The topological polar surface area (TPSA) is 51.0 Å². The van der Waals surface area contributed by atoms with Crippen molar-refractivity contribution >= 4 is 28.9 Å². The van der Waals surface area contributed by atoms with Gasteiger partial charge in [0.15, 0.2) is 11.6 Å². The second-order valence-electron chi connectivity index (χ2n) is 10.5. The summed E-state index contributed by atoms with van der Waals surface area (Å²) in [5.74, 6) is -10.6. The van der Waals surface area contributed by atoms with Gasteiger partial charge in [0.05, 0.1) is 7.05 Å². The first-order chi connectivity index (χ1) is 23.6. The SMILES string of the molecule is FC(F)(F)C(c1nc(N=P(c2ccccc2)(c2ccccc2)c2ccccc2)nc(C(C(F)(F)F)(C(F)(F)F)C(F)(F)F)n1)(C(F)(F)F)C(F)(F)F. The Morgan fingerprint density at radius 3 is 0.788 bits per heavy atom. The van der Waals surface area contributed by atoms with Gasteiger partial charge in [-0.1, -0.05) is 91.0 Å². The summed E-state index contributed by atoms with van der Waals surface area (Å²) in [5.41, 5.74) is -15.2. The van der Waals surface area contributed by atoms with Crippen LogP contribution in [-0.2, 0) is 10.8 Å². The molecular weight excluding hydrogens is 777 g/mol. The van der Waals surface area contributed by atoms with Gasteiger partial charge in [0.1, 0.15) is 0 Å². The van der Waals surface area contributed by atoms with Crippen molar-refractivity contribution in [1.29, 1.82) is 0 Å². The van der Waals surface area contributed by atoms with Gasteiger partial charge in [-0.05, 0) is 0 Å². The van der Waals surface area contributed by atoms with Crippen LogP contribution in [0.2, 0.25) is 0 Å². The second-order valence-corrected chi connectivity index (χ2v) is 13.5. The molecule has 0 aliphatic carbocycles. The predicted octanol–water partition coefficient (Wildman–Crippen LogP) is 9.53. The number of alkyl halides is 18. The van der Waals surface area contributed by atoms with Crippen LogP contribution in [0.5, 0.6) is 0 Å². The van der Waals surface area contributed by atoms with Crippen molar-refractivity contribution in [2.24, 2.45) is 4.74 Å². The van der Waals surface area contributed by atoms with Crippen molar-refractivity contribution in [2.75, 3.05) is 0 Å². The fourth-order valence-electron chi connectivity index (χ4n) is 5.16. The van der Waals surface area contributed by atoms with Crippen LogP contribution in [-0.4, -0.2) is 52.0 Å². The highest BCUT2D eigenvalue weighted by Gasteiger charge is 2.89. The fourth-order valence-corrected chi connectivity index (χ4v) is 8.57. The van der Waals surface area contributed by atoms with Crippen molar-refractivity contribution in [2.45, 2.75) is 47.9 Å². The average molecular weight is 792 g/mol. The normalized spacial score (nSPS) is 14.3. The average Bonchev–Trinajstić information content (AvgIpc) is 2.97. The Bertz CT molecular complexity index is 1670. The Morgan fingerprint density at radius 2 is 0.577 bits per heavy atom. The number of rotatable bonds is 6. The second kappa shape index (κ2) is 12.9. The number of hydrogen-bond acceptors (Lipinski definition) is 4. The Kier molecular flexibility index (Phi) is 10.1. The molecule has 0 N–H and O–H groups in total. The molecule has 0 radical (unpaired) electrons. The van der Waals surface area contributed by atoms with Crippen molar-refractivity contribution in [3.05, 3.63) is 103 Å². The molecule has 0 spiro atoms. The molecule has 282 valence electrons. The highest BCUT2D eigenvalue weighted by molar-refractivity contribution is 7.87. The van der Waals surface area contributed by atoms with E-state index in [0.717, 1.165) is 36.4 Å². The Labute approximate surface area is 278 Å². The van der Waals surface area contributed by atoms with Gasteiger partial charge in [-0.15, -0.1) is 0 Å². The van der Waals surface area contributed by atoms with Crippen LogP contribution in [0.15, 0.2) is 95.7 Å². The lowest BCUT2D eigenvalue weighted by atomic mass is 9.82. The van der Waals surface area contributed by atoms with Crippen LogP contribution in [0.25, 0.3) is 0 Å². The van der Waals surface area contributed by atoms with E-state index in [1.165, 1.54) is 59.6 Å². The zero-order valence-corrected chi connectivity index (χ0v) is 25.6. The summed E-state index contributed by atoms with van der Waals surface area (Å²) >= 11 is 0. The highest BCUT2D eigenvalue weighted by Crippen LogP contribution is 2.63. The smallest absolute Gasteiger partial charge is 0.217 e. The van der Waals surface area contributed by atoms with Gasteiger partial charge in [-0.25, -0.2) is 9.73 Å². The predicted molar refractivity (Wildman–Crippen MR) is 147 cm³/mol. The van der Waals surface area contributed by atoms with Crippen LogP contribution in [0.3, 0.4) is 0 Å². The molecular formula is C29H15F18N4P. The molecule has 4 nitrogen and oxygen atoms in total. The minimum atomic E-state index is -7.82. The van der Waals surface area contributed by atoms with E-state index in [2.05, 4.69) is 14.7 Å². The van der Waals surface area contributed by atoms with Crippen molar-refractivity contribution in [3.63, 3.8) is 0 Å². The number of hydrogen-bond donors (Lipinski definition) is 0. The van der Waals surface area contributed by atoms with Gasteiger partial charge in [-0.3, -0.25) is 0 Å². The maximum Gasteiger partial charge on any atom is 0.419 e. The molecule has 0 unspecified atom stereocenters. The van der Waals surface area contributed by atoms with Gasteiger partial charge in [0, 0.05) is 15.9 Å². The molecule has 0 saturated carbocycles. The summed E-state index contributed by atoms with van der Waals surface area (Å²) in [4.78, 5) is 6.34. The van der Waals surface area contributed by atoms with Crippen LogP contribution < -0.4 is 15.9 Å². The number of halogens is 18. The lowest BCUT2D eigenvalue weighted by molar-refractivity contribution is -0.391. The molecule has 52 heavy (non-hydrogen) atoms. The van der Waals surface area contributed by atoms with E-state index < -0.39 is 72.5 Å². The third-order valence-electron chi connectivity index (χ3n) is 7.47. The lowest BCUT2D eigenvalue weighted by Gasteiger charge is -2.39. The summed E-state index contributed by atoms with van der Waals surface area (Å²) in [5, 5.41) is -0.505. The third kappa shape index (κ3) is 6.25. The summed E-state index contributed by atoms with van der Waals surface area (Å²) in [6.07, 6.45) is -46.9. The molecule has 1 aromatic heterocycles. The van der Waals surface area contributed by atoms with Gasteiger partial charge in [0.2, 0.25) is 0 Å². The van der Waals surface area contributed by atoms with E-state index in [0.29, 0.717) is 0 Å². The molecule has 1 heterocycles. The monoisotopic (exact) mass is 792 g/mol. The van der Waals surface area contributed by atoms with Crippen LogP contribution in [0.1, 0.15) is 11.6 Å². The molecule has 0 aliphatic rings. The highest BCUT2D eigenvalue weighted by atomic mass is 31.2. The molecule has 23 heteroatoms. The van der Waals surface area contributed by atoms with Crippen molar-refractivity contribution in [1.82, 2.24) is 15.0 Å². The van der Waals surface area contributed by atoms with Crippen LogP contribution >= 0.6 is 7.05 Å². The molecule has 0 fully saturated rings.